The lowest BCUT2D eigenvalue weighted by molar-refractivity contribution is 1.05. The van der Waals surface area contributed by atoms with Gasteiger partial charge in [0.05, 0.1) is 0 Å². The quantitative estimate of drug-likeness (QED) is 0.491. The molecule has 0 heterocycles. The normalized spacial score (nSPS) is 29.8. The van der Waals surface area contributed by atoms with Gasteiger partial charge in [-0.25, -0.2) is 0 Å². The van der Waals surface area contributed by atoms with Crippen LogP contribution in [0.5, 0.6) is 0 Å². The third-order valence-electron chi connectivity index (χ3n) is 1.54. The zero-order chi connectivity index (χ0) is 7.78. The van der Waals surface area contributed by atoms with Crippen LogP contribution in [0.25, 0.3) is 0 Å². The van der Waals surface area contributed by atoms with Crippen LogP contribution < -0.4 is 0 Å². The number of rotatable bonds is 0. The Hall–Kier alpha value is -1.04. The molecule has 0 atom stereocenters. The highest BCUT2D eigenvalue weighted by molar-refractivity contribution is 5.10. The fraction of sp³-hybridized carbons (Fsp3) is 0.273. The van der Waals surface area contributed by atoms with Crippen molar-refractivity contribution in [3.05, 3.63) is 48.6 Å². The Labute approximate surface area is 68.6 Å². The number of hydrogen-bond donors (Lipinski definition) is 0. The van der Waals surface area contributed by atoms with E-state index in [0.29, 0.717) is 0 Å². The number of allylic oxidation sites excluding steroid dienone is 8. The lowest BCUT2D eigenvalue weighted by Crippen LogP contribution is -1.61. The zero-order valence-electron chi connectivity index (χ0n) is 6.74. The van der Waals surface area contributed by atoms with Crippen LogP contribution >= 0.6 is 0 Å². The molecular formula is C11H14. The molecule has 0 nitrogen and oxygen atoms in total. The molecule has 0 unspecified atom stereocenters. The van der Waals surface area contributed by atoms with Gasteiger partial charge in [0.15, 0.2) is 0 Å². The van der Waals surface area contributed by atoms with Crippen LogP contribution in [0, 0.1) is 0 Å². The second kappa shape index (κ2) is 5.72. The van der Waals surface area contributed by atoms with E-state index >= 15 is 0 Å². The van der Waals surface area contributed by atoms with Crippen molar-refractivity contribution in [2.75, 3.05) is 0 Å². The van der Waals surface area contributed by atoms with E-state index in [-0.39, 0.29) is 0 Å². The molecule has 0 aromatic carbocycles. The summed E-state index contributed by atoms with van der Waals surface area (Å²) in [7, 11) is 0. The van der Waals surface area contributed by atoms with Crippen molar-refractivity contribution in [3.63, 3.8) is 0 Å². The summed E-state index contributed by atoms with van der Waals surface area (Å²) in [6, 6.07) is 0. The number of hydrogen-bond acceptors (Lipinski definition) is 0. The molecule has 0 heteroatoms. The van der Waals surface area contributed by atoms with Crippen LogP contribution in [0.4, 0.5) is 0 Å². The van der Waals surface area contributed by atoms with Gasteiger partial charge in [0.1, 0.15) is 0 Å². The molecule has 0 spiro atoms. The molecule has 0 fully saturated rings. The van der Waals surface area contributed by atoms with E-state index in [0.717, 1.165) is 19.3 Å². The Balaban J connectivity index is 2.47. The van der Waals surface area contributed by atoms with Crippen molar-refractivity contribution in [2.45, 2.75) is 19.3 Å². The maximum Gasteiger partial charge on any atom is -0.0163 e. The molecule has 0 saturated heterocycles. The molecule has 1 aliphatic carbocycles. The van der Waals surface area contributed by atoms with E-state index in [1.165, 1.54) is 0 Å². The van der Waals surface area contributed by atoms with Gasteiger partial charge in [-0.1, -0.05) is 48.6 Å². The molecule has 0 bridgehead atoms. The van der Waals surface area contributed by atoms with Gasteiger partial charge in [0.25, 0.3) is 0 Å². The van der Waals surface area contributed by atoms with Crippen molar-refractivity contribution in [1.29, 1.82) is 0 Å². The highest BCUT2D eigenvalue weighted by Gasteiger charge is 1.76. The Morgan fingerprint density at radius 2 is 1.00 bits per heavy atom. The third-order valence-corrected chi connectivity index (χ3v) is 1.54. The molecule has 0 amide bonds. The minimum atomic E-state index is 1.04. The molecule has 1 rings (SSSR count). The van der Waals surface area contributed by atoms with Gasteiger partial charge in [-0.2, -0.15) is 0 Å². The van der Waals surface area contributed by atoms with Gasteiger partial charge in [-0.15, -0.1) is 0 Å². The van der Waals surface area contributed by atoms with Crippen molar-refractivity contribution in [2.24, 2.45) is 0 Å². The topological polar surface area (TPSA) is 0 Å². The summed E-state index contributed by atoms with van der Waals surface area (Å²) in [5.41, 5.74) is 0. The minimum absolute atomic E-state index is 1.04. The van der Waals surface area contributed by atoms with Crippen LogP contribution in [0.1, 0.15) is 19.3 Å². The van der Waals surface area contributed by atoms with Crippen molar-refractivity contribution in [1.82, 2.24) is 0 Å². The van der Waals surface area contributed by atoms with Crippen LogP contribution in [0.2, 0.25) is 0 Å². The standard InChI is InChI=1S/C11H14/c1-2-4-6-8-10-11-9-7-5-3-1/h1-4,7,9-11H,5-6,8H2/b3-1-,4-2-,9-7-,11-10-. The summed E-state index contributed by atoms with van der Waals surface area (Å²) in [6.07, 6.45) is 20.5. The maximum atomic E-state index is 2.20. The SMILES string of the molecule is C1=C\C/C=C\C=C/CC\C=C/1. The molecule has 0 aromatic rings. The summed E-state index contributed by atoms with van der Waals surface area (Å²) in [5, 5.41) is 0. The highest BCUT2D eigenvalue weighted by atomic mass is 13.8. The lowest BCUT2D eigenvalue weighted by atomic mass is 10.2. The molecule has 0 saturated carbocycles. The molecule has 58 valence electrons. The van der Waals surface area contributed by atoms with Gasteiger partial charge >= 0.3 is 0 Å². The summed E-state index contributed by atoms with van der Waals surface area (Å²) >= 11 is 0. The van der Waals surface area contributed by atoms with E-state index in [2.05, 4.69) is 48.6 Å². The van der Waals surface area contributed by atoms with E-state index < -0.39 is 0 Å². The first-order valence-electron chi connectivity index (χ1n) is 4.13. The first-order valence-corrected chi connectivity index (χ1v) is 4.13. The predicted molar refractivity (Wildman–Crippen MR) is 50.4 cm³/mol. The fourth-order valence-electron chi connectivity index (χ4n) is 0.935. The average Bonchev–Trinajstić information content (AvgIpc) is 2.08. The van der Waals surface area contributed by atoms with Gasteiger partial charge in [0, 0.05) is 0 Å². The summed E-state index contributed by atoms with van der Waals surface area (Å²) in [4.78, 5) is 0. The van der Waals surface area contributed by atoms with E-state index in [1.807, 2.05) is 0 Å². The van der Waals surface area contributed by atoms with Gasteiger partial charge < -0.3 is 0 Å². The molecule has 0 radical (unpaired) electrons. The van der Waals surface area contributed by atoms with Gasteiger partial charge in [-0.3, -0.25) is 0 Å². The van der Waals surface area contributed by atoms with Gasteiger partial charge in [0.2, 0.25) is 0 Å². The average molecular weight is 146 g/mol. The van der Waals surface area contributed by atoms with Crippen LogP contribution in [0.3, 0.4) is 0 Å². The fourth-order valence-corrected chi connectivity index (χ4v) is 0.935. The molecule has 1 aliphatic rings. The zero-order valence-corrected chi connectivity index (χ0v) is 6.74. The molecule has 0 aliphatic heterocycles. The summed E-state index contributed by atoms with van der Waals surface area (Å²) < 4.78 is 0. The molecule has 0 N–H and O–H groups in total. The third kappa shape index (κ3) is 4.38. The lowest BCUT2D eigenvalue weighted by Gasteiger charge is -1.82. The van der Waals surface area contributed by atoms with Crippen molar-refractivity contribution < 1.29 is 0 Å². The second-order valence-corrected chi connectivity index (χ2v) is 2.53. The van der Waals surface area contributed by atoms with Crippen LogP contribution in [-0.2, 0) is 0 Å². The van der Waals surface area contributed by atoms with Crippen molar-refractivity contribution in [3.8, 4) is 0 Å². The summed E-state index contributed by atoms with van der Waals surface area (Å²) in [6.45, 7) is 0. The monoisotopic (exact) mass is 146 g/mol. The van der Waals surface area contributed by atoms with E-state index in [9.17, 15) is 0 Å². The van der Waals surface area contributed by atoms with Crippen LogP contribution in [-0.4, -0.2) is 0 Å². The Bertz CT molecular complexity index is 170. The first kappa shape index (κ1) is 8.06. The van der Waals surface area contributed by atoms with Crippen molar-refractivity contribution >= 4 is 0 Å². The van der Waals surface area contributed by atoms with E-state index in [4.69, 9.17) is 0 Å². The maximum absolute atomic E-state index is 2.20. The predicted octanol–water partition coefficient (Wildman–Crippen LogP) is 3.40. The van der Waals surface area contributed by atoms with E-state index in [1.54, 1.807) is 0 Å². The largest absolute Gasteiger partial charge is 0.0842 e. The molecular weight excluding hydrogens is 132 g/mol. The Morgan fingerprint density at radius 3 is 1.55 bits per heavy atom. The minimum Gasteiger partial charge on any atom is -0.0842 e. The smallest absolute Gasteiger partial charge is 0.0163 e. The Morgan fingerprint density at radius 1 is 0.545 bits per heavy atom. The molecule has 0 aromatic heterocycles. The van der Waals surface area contributed by atoms with Crippen LogP contribution in [0.15, 0.2) is 48.6 Å². The van der Waals surface area contributed by atoms with Gasteiger partial charge in [-0.05, 0) is 19.3 Å². The summed E-state index contributed by atoms with van der Waals surface area (Å²) in [5.74, 6) is 0. The first-order chi connectivity index (χ1) is 5.50. The molecule has 11 heavy (non-hydrogen) atoms. The Kier molecular flexibility index (Phi) is 4.19. The highest BCUT2D eigenvalue weighted by Crippen LogP contribution is 1.96. The second-order valence-electron chi connectivity index (χ2n) is 2.53.